The minimum Gasteiger partial charge on any atom is -0.444 e. The number of carbonyl (C=O) groups is 1. The van der Waals surface area contributed by atoms with Gasteiger partial charge in [-0.25, -0.2) is 17.6 Å². The zero-order valence-corrected chi connectivity index (χ0v) is 16.4. The summed E-state index contributed by atoms with van der Waals surface area (Å²) >= 11 is 5.73. The average molecular weight is 425 g/mol. The van der Waals surface area contributed by atoms with E-state index in [2.05, 4.69) is 0 Å². The molecule has 2 heterocycles. The number of hydrogen-bond acceptors (Lipinski definition) is 4. The fourth-order valence-electron chi connectivity index (χ4n) is 3.65. The van der Waals surface area contributed by atoms with Crippen LogP contribution in [0.4, 0.5) is 14.9 Å². The number of halogens is 2. The zero-order valence-electron chi connectivity index (χ0n) is 14.8. The summed E-state index contributed by atoms with van der Waals surface area (Å²) in [5.74, 6) is -0.665. The predicted octanol–water partition coefficient (Wildman–Crippen LogP) is 3.79. The van der Waals surface area contributed by atoms with E-state index in [0.29, 0.717) is 12.8 Å². The molecule has 0 aliphatic carbocycles. The first-order valence-corrected chi connectivity index (χ1v) is 10.7. The van der Waals surface area contributed by atoms with E-state index in [1.807, 2.05) is 24.3 Å². The van der Waals surface area contributed by atoms with Gasteiger partial charge in [0.1, 0.15) is 12.4 Å². The standard InChI is InChI=1S/C19H18ClFN2O4S/c20-16-11-15(5-6-17(16)21)28(25,26)22-9-7-14(8-10-22)23-18-4-2-1-3-13(18)12-27-19(23)24/h1-6,11,14H,7-10,12H2. The lowest BCUT2D eigenvalue weighted by Crippen LogP contribution is -2.50. The number of fused-ring (bicyclic) bond motifs is 1. The first-order valence-electron chi connectivity index (χ1n) is 8.87. The Kier molecular flexibility index (Phi) is 5.03. The maximum Gasteiger partial charge on any atom is 0.414 e. The van der Waals surface area contributed by atoms with Crippen molar-refractivity contribution in [2.45, 2.75) is 30.4 Å². The van der Waals surface area contributed by atoms with Crippen molar-refractivity contribution < 1.29 is 22.3 Å². The van der Waals surface area contributed by atoms with Crippen molar-refractivity contribution in [2.24, 2.45) is 0 Å². The van der Waals surface area contributed by atoms with E-state index in [4.69, 9.17) is 16.3 Å². The van der Waals surface area contributed by atoms with E-state index in [1.165, 1.54) is 10.4 Å². The number of anilines is 1. The number of benzene rings is 2. The number of piperidine rings is 1. The Morgan fingerprint density at radius 3 is 2.54 bits per heavy atom. The van der Waals surface area contributed by atoms with E-state index in [0.717, 1.165) is 23.4 Å². The molecule has 2 aliphatic rings. The van der Waals surface area contributed by atoms with Crippen LogP contribution in [-0.2, 0) is 21.4 Å². The second-order valence-corrected chi connectivity index (χ2v) is 9.11. The topological polar surface area (TPSA) is 66.9 Å². The van der Waals surface area contributed by atoms with Crippen LogP contribution in [-0.4, -0.2) is 37.9 Å². The lowest BCUT2D eigenvalue weighted by Gasteiger charge is -2.39. The molecule has 0 N–H and O–H groups in total. The Morgan fingerprint density at radius 2 is 1.82 bits per heavy atom. The van der Waals surface area contributed by atoms with Gasteiger partial charge >= 0.3 is 6.09 Å². The molecule has 0 radical (unpaired) electrons. The van der Waals surface area contributed by atoms with Crippen LogP contribution in [0.25, 0.3) is 0 Å². The van der Waals surface area contributed by atoms with Crippen LogP contribution in [0, 0.1) is 5.82 Å². The minimum absolute atomic E-state index is 0.0416. The van der Waals surface area contributed by atoms with Crippen molar-refractivity contribution >= 4 is 33.4 Å². The third-order valence-corrected chi connectivity index (χ3v) is 7.30. The molecule has 2 aliphatic heterocycles. The van der Waals surface area contributed by atoms with Gasteiger partial charge in [-0.3, -0.25) is 4.90 Å². The Hall–Kier alpha value is -2.16. The summed E-state index contributed by atoms with van der Waals surface area (Å²) < 4.78 is 45.6. The summed E-state index contributed by atoms with van der Waals surface area (Å²) in [5.41, 5.74) is 1.74. The highest BCUT2D eigenvalue weighted by Crippen LogP contribution is 2.33. The maximum atomic E-state index is 13.4. The molecule has 148 valence electrons. The first-order chi connectivity index (χ1) is 13.4. The Labute approximate surface area is 167 Å². The Morgan fingerprint density at radius 1 is 1.11 bits per heavy atom. The SMILES string of the molecule is O=C1OCc2ccccc2N1C1CCN(S(=O)(=O)c2ccc(F)c(Cl)c2)CC1. The summed E-state index contributed by atoms with van der Waals surface area (Å²) in [5, 5.41) is -0.233. The fourth-order valence-corrected chi connectivity index (χ4v) is 5.39. The van der Waals surface area contributed by atoms with Gasteiger partial charge in [0.25, 0.3) is 0 Å². The average Bonchev–Trinajstić information content (AvgIpc) is 2.70. The number of sulfonamides is 1. The van der Waals surface area contributed by atoms with Gasteiger partial charge in [0.15, 0.2) is 0 Å². The van der Waals surface area contributed by atoms with Crippen molar-refractivity contribution in [2.75, 3.05) is 18.0 Å². The summed E-state index contributed by atoms with van der Waals surface area (Å²) in [6.45, 7) is 0.728. The van der Waals surface area contributed by atoms with Gasteiger partial charge in [0.05, 0.1) is 15.6 Å². The van der Waals surface area contributed by atoms with E-state index >= 15 is 0 Å². The summed E-state index contributed by atoms with van der Waals surface area (Å²) in [6, 6.07) is 10.8. The van der Waals surface area contributed by atoms with E-state index < -0.39 is 21.9 Å². The van der Waals surface area contributed by atoms with Gasteiger partial charge in [-0.15, -0.1) is 0 Å². The van der Waals surface area contributed by atoms with Crippen molar-refractivity contribution in [1.82, 2.24) is 4.31 Å². The molecule has 0 bridgehead atoms. The number of rotatable bonds is 3. The van der Waals surface area contributed by atoms with Crippen molar-refractivity contribution in [1.29, 1.82) is 0 Å². The molecule has 1 saturated heterocycles. The minimum atomic E-state index is -3.78. The quantitative estimate of drug-likeness (QED) is 0.751. The number of para-hydroxylation sites is 1. The molecule has 1 fully saturated rings. The molecule has 1 amide bonds. The Balaban J connectivity index is 1.52. The number of ether oxygens (including phenoxy) is 1. The summed E-state index contributed by atoms with van der Waals surface area (Å²) in [7, 11) is -3.78. The zero-order chi connectivity index (χ0) is 19.9. The second-order valence-electron chi connectivity index (χ2n) is 6.76. The molecular formula is C19H18ClFN2O4S. The van der Waals surface area contributed by atoms with E-state index in [-0.39, 0.29) is 35.7 Å². The van der Waals surface area contributed by atoms with Crippen LogP contribution in [0.3, 0.4) is 0 Å². The third kappa shape index (κ3) is 3.36. The van der Waals surface area contributed by atoms with Crippen LogP contribution < -0.4 is 4.90 Å². The van der Waals surface area contributed by atoms with Gasteiger partial charge in [-0.05, 0) is 37.1 Å². The molecule has 9 heteroatoms. The molecule has 0 saturated carbocycles. The number of hydrogen-bond donors (Lipinski definition) is 0. The lowest BCUT2D eigenvalue weighted by molar-refractivity contribution is 0.136. The van der Waals surface area contributed by atoms with Crippen LogP contribution >= 0.6 is 11.6 Å². The molecule has 2 aromatic rings. The van der Waals surface area contributed by atoms with Gasteiger partial charge < -0.3 is 4.74 Å². The smallest absolute Gasteiger partial charge is 0.414 e. The van der Waals surface area contributed by atoms with Crippen molar-refractivity contribution in [3.63, 3.8) is 0 Å². The number of cyclic esters (lactones) is 1. The summed E-state index contributed by atoms with van der Waals surface area (Å²) in [4.78, 5) is 13.9. The highest BCUT2D eigenvalue weighted by molar-refractivity contribution is 7.89. The van der Waals surface area contributed by atoms with Crippen LogP contribution in [0.2, 0.25) is 5.02 Å². The molecule has 0 aromatic heterocycles. The highest BCUT2D eigenvalue weighted by atomic mass is 35.5. The molecule has 28 heavy (non-hydrogen) atoms. The largest absolute Gasteiger partial charge is 0.444 e. The number of nitrogens with zero attached hydrogens (tertiary/aromatic N) is 2. The molecule has 4 rings (SSSR count). The first kappa shape index (κ1) is 19.2. The van der Waals surface area contributed by atoms with Gasteiger partial charge in [-0.1, -0.05) is 29.8 Å². The van der Waals surface area contributed by atoms with Crippen LogP contribution in [0.5, 0.6) is 0 Å². The number of amides is 1. The Bertz CT molecular complexity index is 1020. The van der Waals surface area contributed by atoms with Gasteiger partial charge in [0.2, 0.25) is 10.0 Å². The van der Waals surface area contributed by atoms with Crippen LogP contribution in [0.1, 0.15) is 18.4 Å². The van der Waals surface area contributed by atoms with Gasteiger partial charge in [0, 0.05) is 24.7 Å². The molecule has 0 unspecified atom stereocenters. The monoisotopic (exact) mass is 424 g/mol. The maximum absolute atomic E-state index is 13.4. The molecule has 2 aromatic carbocycles. The molecule has 6 nitrogen and oxygen atoms in total. The van der Waals surface area contributed by atoms with Crippen molar-refractivity contribution in [3.05, 3.63) is 58.9 Å². The molecule has 0 spiro atoms. The highest BCUT2D eigenvalue weighted by Gasteiger charge is 2.37. The lowest BCUT2D eigenvalue weighted by atomic mass is 10.0. The second kappa shape index (κ2) is 7.35. The summed E-state index contributed by atoms with van der Waals surface area (Å²) in [6.07, 6.45) is 0.528. The van der Waals surface area contributed by atoms with Crippen LogP contribution in [0.15, 0.2) is 47.4 Å². The molecular weight excluding hydrogens is 407 g/mol. The van der Waals surface area contributed by atoms with Crippen molar-refractivity contribution in [3.8, 4) is 0 Å². The predicted molar refractivity (Wildman–Crippen MR) is 102 cm³/mol. The third-order valence-electron chi connectivity index (χ3n) is 5.12. The van der Waals surface area contributed by atoms with Gasteiger partial charge in [-0.2, -0.15) is 4.31 Å². The fraction of sp³-hybridized carbons (Fsp3) is 0.316. The normalized spacial score (nSPS) is 18.6. The van der Waals surface area contributed by atoms with E-state index in [9.17, 15) is 17.6 Å². The van der Waals surface area contributed by atoms with E-state index in [1.54, 1.807) is 4.90 Å². The molecule has 0 atom stereocenters. The number of carbonyl (C=O) groups excluding carboxylic acids is 1.